The molecule has 0 N–H and O–H groups in total. The van der Waals surface area contributed by atoms with Crippen LogP contribution in [0.25, 0.3) is 0 Å². The van der Waals surface area contributed by atoms with Gasteiger partial charge >= 0.3 is 0 Å². The van der Waals surface area contributed by atoms with E-state index in [0.717, 1.165) is 0 Å². The minimum absolute atomic E-state index is 0.0417. The minimum Gasteiger partial charge on any atom is -0.339 e. The summed E-state index contributed by atoms with van der Waals surface area (Å²) in [5.74, 6) is 0.784. The number of nitrogens with zero attached hydrogens (tertiary/aromatic N) is 4. The van der Waals surface area contributed by atoms with Crippen molar-refractivity contribution in [2.75, 3.05) is 13.1 Å². The number of rotatable bonds is 6. The van der Waals surface area contributed by atoms with Crippen molar-refractivity contribution in [1.29, 1.82) is 0 Å². The van der Waals surface area contributed by atoms with Gasteiger partial charge in [-0.25, -0.2) is 8.42 Å². The molecule has 2 rings (SSSR count). The zero-order valence-corrected chi connectivity index (χ0v) is 16.0. The van der Waals surface area contributed by atoms with Gasteiger partial charge in [0.1, 0.15) is 0 Å². The second kappa shape index (κ2) is 7.09. The SMILES string of the molecule is CCN(CC)S(=O)(=O)c1ccc(=O)n(Cc2noc(C(C)(C)C)n2)c1. The van der Waals surface area contributed by atoms with Gasteiger partial charge in [0.25, 0.3) is 5.56 Å². The summed E-state index contributed by atoms with van der Waals surface area (Å²) in [4.78, 5) is 16.4. The summed E-state index contributed by atoms with van der Waals surface area (Å²) in [6.45, 7) is 10.1. The Balaban J connectivity index is 2.37. The third-order valence-corrected chi connectivity index (χ3v) is 5.75. The second-order valence-electron chi connectivity index (χ2n) is 6.69. The molecule has 25 heavy (non-hydrogen) atoms. The van der Waals surface area contributed by atoms with E-state index < -0.39 is 10.0 Å². The molecule has 0 saturated heterocycles. The monoisotopic (exact) mass is 368 g/mol. The Labute approximate surface area is 147 Å². The molecule has 2 aromatic rings. The van der Waals surface area contributed by atoms with Gasteiger partial charge in [-0.05, 0) is 6.07 Å². The van der Waals surface area contributed by atoms with Crippen LogP contribution in [-0.4, -0.2) is 40.5 Å². The van der Waals surface area contributed by atoms with Gasteiger partial charge in [0.2, 0.25) is 15.9 Å². The summed E-state index contributed by atoms with van der Waals surface area (Å²) < 4.78 is 33.0. The van der Waals surface area contributed by atoms with Crippen LogP contribution in [-0.2, 0) is 22.0 Å². The summed E-state index contributed by atoms with van der Waals surface area (Å²) in [6, 6.07) is 2.56. The molecular weight excluding hydrogens is 344 g/mol. The van der Waals surface area contributed by atoms with Crippen molar-refractivity contribution in [2.24, 2.45) is 0 Å². The minimum atomic E-state index is -3.64. The van der Waals surface area contributed by atoms with E-state index in [2.05, 4.69) is 10.1 Å². The fraction of sp³-hybridized carbons (Fsp3) is 0.562. The fourth-order valence-electron chi connectivity index (χ4n) is 2.27. The average molecular weight is 368 g/mol. The highest BCUT2D eigenvalue weighted by molar-refractivity contribution is 7.89. The molecular formula is C16H24N4O4S. The molecule has 0 aliphatic heterocycles. The lowest BCUT2D eigenvalue weighted by atomic mass is 9.97. The van der Waals surface area contributed by atoms with Crippen LogP contribution in [0, 0.1) is 0 Å². The maximum atomic E-state index is 12.6. The van der Waals surface area contributed by atoms with E-state index in [1.807, 2.05) is 20.8 Å². The number of sulfonamides is 1. The molecule has 0 unspecified atom stereocenters. The van der Waals surface area contributed by atoms with Gasteiger partial charge in [0.05, 0.1) is 11.4 Å². The maximum Gasteiger partial charge on any atom is 0.251 e. The molecule has 138 valence electrons. The van der Waals surface area contributed by atoms with Gasteiger partial charge in [-0.3, -0.25) is 4.79 Å². The van der Waals surface area contributed by atoms with Crippen molar-refractivity contribution < 1.29 is 12.9 Å². The van der Waals surface area contributed by atoms with Crippen LogP contribution < -0.4 is 5.56 Å². The average Bonchev–Trinajstić information content (AvgIpc) is 2.99. The molecule has 0 aromatic carbocycles. The highest BCUT2D eigenvalue weighted by Crippen LogP contribution is 2.20. The van der Waals surface area contributed by atoms with E-state index >= 15 is 0 Å². The third-order valence-electron chi connectivity index (χ3n) is 3.72. The molecule has 0 fully saturated rings. The Morgan fingerprint density at radius 3 is 2.36 bits per heavy atom. The zero-order valence-electron chi connectivity index (χ0n) is 15.2. The molecule has 0 aliphatic carbocycles. The first-order valence-corrected chi connectivity index (χ1v) is 9.57. The summed E-state index contributed by atoms with van der Waals surface area (Å²) >= 11 is 0. The molecule has 0 atom stereocenters. The fourth-order valence-corrected chi connectivity index (χ4v) is 3.75. The molecule has 2 aromatic heterocycles. The Morgan fingerprint density at radius 2 is 1.84 bits per heavy atom. The van der Waals surface area contributed by atoms with E-state index in [1.165, 1.54) is 27.2 Å². The molecule has 0 aliphatic rings. The summed E-state index contributed by atoms with van der Waals surface area (Å²) in [5.41, 5.74) is -0.634. The largest absolute Gasteiger partial charge is 0.339 e. The van der Waals surface area contributed by atoms with Crippen molar-refractivity contribution in [2.45, 2.75) is 51.5 Å². The first-order chi connectivity index (χ1) is 11.6. The maximum absolute atomic E-state index is 12.6. The van der Waals surface area contributed by atoms with Gasteiger partial charge in [-0.2, -0.15) is 9.29 Å². The van der Waals surface area contributed by atoms with E-state index in [1.54, 1.807) is 13.8 Å². The first-order valence-electron chi connectivity index (χ1n) is 8.13. The highest BCUT2D eigenvalue weighted by atomic mass is 32.2. The molecule has 0 radical (unpaired) electrons. The van der Waals surface area contributed by atoms with E-state index in [9.17, 15) is 13.2 Å². The Bertz CT molecular complexity index is 889. The van der Waals surface area contributed by atoms with Crippen molar-refractivity contribution >= 4 is 10.0 Å². The molecule has 8 nitrogen and oxygen atoms in total. The molecule has 2 heterocycles. The Morgan fingerprint density at radius 1 is 1.20 bits per heavy atom. The summed E-state index contributed by atoms with van der Waals surface area (Å²) in [7, 11) is -3.64. The molecule has 0 bridgehead atoms. The van der Waals surface area contributed by atoms with Gasteiger partial charge < -0.3 is 9.09 Å². The van der Waals surface area contributed by atoms with Crippen LogP contribution in [0.1, 0.15) is 46.3 Å². The van der Waals surface area contributed by atoms with Gasteiger partial charge in [-0.1, -0.05) is 39.8 Å². The Hall–Kier alpha value is -2.00. The van der Waals surface area contributed by atoms with Crippen molar-refractivity contribution in [3.63, 3.8) is 0 Å². The molecule has 0 spiro atoms. The number of hydrogen-bond donors (Lipinski definition) is 0. The first kappa shape index (κ1) is 19.3. The van der Waals surface area contributed by atoms with Gasteiger partial charge in [-0.15, -0.1) is 0 Å². The lowest BCUT2D eigenvalue weighted by Crippen LogP contribution is -2.32. The predicted molar refractivity (Wildman–Crippen MR) is 92.9 cm³/mol. The lowest BCUT2D eigenvalue weighted by Gasteiger charge is -2.18. The molecule has 9 heteroatoms. The topological polar surface area (TPSA) is 98.3 Å². The van der Waals surface area contributed by atoms with Crippen LogP contribution >= 0.6 is 0 Å². The van der Waals surface area contributed by atoms with Crippen LogP contribution in [0.3, 0.4) is 0 Å². The van der Waals surface area contributed by atoms with Crippen molar-refractivity contribution in [3.8, 4) is 0 Å². The van der Waals surface area contributed by atoms with Crippen LogP contribution in [0.5, 0.6) is 0 Å². The second-order valence-corrected chi connectivity index (χ2v) is 8.62. The van der Waals surface area contributed by atoms with Crippen LogP contribution in [0.15, 0.2) is 32.5 Å². The number of pyridine rings is 1. The number of hydrogen-bond acceptors (Lipinski definition) is 6. The van der Waals surface area contributed by atoms with Crippen molar-refractivity contribution in [3.05, 3.63) is 40.4 Å². The standard InChI is InChI=1S/C16H24N4O4S/c1-6-20(7-2)25(22,23)12-8-9-14(21)19(10-12)11-13-17-15(24-18-13)16(3,4)5/h8-10H,6-7,11H2,1-5H3. The normalized spacial score (nSPS) is 12.7. The quantitative estimate of drug-likeness (QED) is 0.768. The highest BCUT2D eigenvalue weighted by Gasteiger charge is 2.24. The van der Waals surface area contributed by atoms with Crippen LogP contribution in [0.4, 0.5) is 0 Å². The zero-order chi connectivity index (χ0) is 18.8. The van der Waals surface area contributed by atoms with Gasteiger partial charge in [0, 0.05) is 30.8 Å². The van der Waals surface area contributed by atoms with Gasteiger partial charge in [0.15, 0.2) is 5.82 Å². The number of aromatic nitrogens is 3. The van der Waals surface area contributed by atoms with E-state index in [4.69, 9.17) is 4.52 Å². The van der Waals surface area contributed by atoms with E-state index in [0.29, 0.717) is 24.8 Å². The summed E-state index contributed by atoms with van der Waals surface area (Å²) in [5, 5.41) is 3.87. The third kappa shape index (κ3) is 4.16. The Kier molecular flexibility index (Phi) is 5.48. The molecule has 0 saturated carbocycles. The van der Waals surface area contributed by atoms with Crippen molar-refractivity contribution in [1.82, 2.24) is 19.0 Å². The summed E-state index contributed by atoms with van der Waals surface area (Å²) in [6.07, 6.45) is 1.32. The lowest BCUT2D eigenvalue weighted by molar-refractivity contribution is 0.318. The molecule has 0 amide bonds. The van der Waals surface area contributed by atoms with E-state index in [-0.39, 0.29) is 22.4 Å². The van der Waals surface area contributed by atoms with Crippen LogP contribution in [0.2, 0.25) is 0 Å². The predicted octanol–water partition coefficient (Wildman–Crippen LogP) is 1.61. The smallest absolute Gasteiger partial charge is 0.251 e.